The van der Waals surface area contributed by atoms with Gasteiger partial charge in [-0.05, 0) is 56.3 Å². The number of esters is 1. The molecule has 1 atom stereocenters. The molecule has 0 bridgehead atoms. The van der Waals surface area contributed by atoms with Gasteiger partial charge >= 0.3 is 5.97 Å². The molecule has 0 aliphatic carbocycles. The molecule has 0 fully saturated rings. The van der Waals surface area contributed by atoms with E-state index in [2.05, 4.69) is 10.4 Å². The summed E-state index contributed by atoms with van der Waals surface area (Å²) < 4.78 is 30.3. The van der Waals surface area contributed by atoms with E-state index >= 15 is 0 Å². The molecular formula is C23H19ClFN3O5. The minimum Gasteiger partial charge on any atom is -0.454 e. The first-order valence-electron chi connectivity index (χ1n) is 9.92. The summed E-state index contributed by atoms with van der Waals surface area (Å²) in [6, 6.07) is 10.6. The van der Waals surface area contributed by atoms with Crippen LogP contribution in [-0.4, -0.2) is 34.6 Å². The van der Waals surface area contributed by atoms with Gasteiger partial charge in [0.05, 0.1) is 11.4 Å². The number of carbonyl (C=O) groups is 2. The molecule has 3 aromatic rings. The lowest BCUT2D eigenvalue weighted by Crippen LogP contribution is -2.29. The third-order valence-corrected chi connectivity index (χ3v) is 5.17. The summed E-state index contributed by atoms with van der Waals surface area (Å²) in [5, 5.41) is 7.23. The monoisotopic (exact) mass is 471 g/mol. The number of amides is 1. The zero-order valence-corrected chi connectivity index (χ0v) is 18.4. The van der Waals surface area contributed by atoms with Crippen molar-refractivity contribution in [2.75, 3.05) is 12.1 Å². The molecule has 170 valence electrons. The van der Waals surface area contributed by atoms with Crippen LogP contribution in [0.1, 0.15) is 18.2 Å². The number of anilines is 1. The smallest absolute Gasteiger partial charge is 0.331 e. The third kappa shape index (κ3) is 4.98. The Hall–Kier alpha value is -3.85. The number of ether oxygens (including phenoxy) is 3. The van der Waals surface area contributed by atoms with Crippen LogP contribution in [0.3, 0.4) is 0 Å². The molecular weight excluding hydrogens is 453 g/mol. The van der Waals surface area contributed by atoms with E-state index in [1.807, 2.05) is 0 Å². The predicted molar refractivity (Wildman–Crippen MR) is 119 cm³/mol. The Kier molecular flexibility index (Phi) is 6.32. The maximum Gasteiger partial charge on any atom is 0.331 e. The molecule has 1 N–H and O–H groups in total. The van der Waals surface area contributed by atoms with Gasteiger partial charge in [0.15, 0.2) is 17.6 Å². The van der Waals surface area contributed by atoms with Crippen LogP contribution in [0, 0.1) is 12.7 Å². The van der Waals surface area contributed by atoms with Crippen LogP contribution in [0.5, 0.6) is 11.5 Å². The van der Waals surface area contributed by atoms with E-state index in [9.17, 15) is 14.0 Å². The van der Waals surface area contributed by atoms with E-state index in [0.717, 1.165) is 6.08 Å². The van der Waals surface area contributed by atoms with Crippen molar-refractivity contribution in [2.45, 2.75) is 20.0 Å². The Morgan fingerprint density at radius 3 is 2.70 bits per heavy atom. The summed E-state index contributed by atoms with van der Waals surface area (Å²) >= 11 is 6.39. The van der Waals surface area contributed by atoms with E-state index in [4.69, 9.17) is 25.8 Å². The summed E-state index contributed by atoms with van der Waals surface area (Å²) in [6.45, 7) is 3.30. The second-order valence-corrected chi connectivity index (χ2v) is 7.51. The molecule has 1 aliphatic rings. The molecule has 2 aromatic carbocycles. The van der Waals surface area contributed by atoms with Crippen LogP contribution < -0.4 is 14.8 Å². The maximum absolute atomic E-state index is 13.2. The Morgan fingerprint density at radius 1 is 1.21 bits per heavy atom. The van der Waals surface area contributed by atoms with Crippen molar-refractivity contribution in [1.82, 2.24) is 9.78 Å². The number of hydrogen-bond donors (Lipinski definition) is 1. The number of fused-ring (bicyclic) bond motifs is 1. The Morgan fingerprint density at radius 2 is 1.94 bits per heavy atom. The third-order valence-electron chi connectivity index (χ3n) is 4.81. The molecule has 10 heteroatoms. The van der Waals surface area contributed by atoms with Gasteiger partial charge in [0.2, 0.25) is 6.79 Å². The largest absolute Gasteiger partial charge is 0.454 e. The zero-order chi connectivity index (χ0) is 23.5. The predicted octanol–water partition coefficient (Wildman–Crippen LogP) is 4.29. The van der Waals surface area contributed by atoms with Crippen LogP contribution in [0.4, 0.5) is 10.1 Å². The lowest BCUT2D eigenvalue weighted by molar-refractivity contribution is -0.148. The molecule has 1 unspecified atom stereocenters. The van der Waals surface area contributed by atoms with Gasteiger partial charge in [0.1, 0.15) is 11.0 Å². The number of aryl methyl sites for hydroxylation is 1. The highest BCUT2D eigenvalue weighted by Gasteiger charge is 2.19. The topological polar surface area (TPSA) is 91.7 Å². The van der Waals surface area contributed by atoms with Gasteiger partial charge in [-0.25, -0.2) is 13.9 Å². The van der Waals surface area contributed by atoms with E-state index in [1.54, 1.807) is 25.1 Å². The molecule has 0 saturated heterocycles. The number of rotatable bonds is 6. The molecule has 8 nitrogen and oxygen atoms in total. The Labute approximate surface area is 193 Å². The molecule has 1 aliphatic heterocycles. The van der Waals surface area contributed by atoms with Crippen molar-refractivity contribution in [3.8, 4) is 17.2 Å². The van der Waals surface area contributed by atoms with Crippen molar-refractivity contribution < 1.29 is 28.2 Å². The molecule has 2 heterocycles. The van der Waals surface area contributed by atoms with Gasteiger partial charge in [0.25, 0.3) is 5.91 Å². The normalized spacial score (nSPS) is 13.2. The molecule has 4 rings (SSSR count). The van der Waals surface area contributed by atoms with Gasteiger partial charge in [-0.15, -0.1) is 0 Å². The second-order valence-electron chi connectivity index (χ2n) is 7.15. The number of benzene rings is 2. The highest BCUT2D eigenvalue weighted by molar-refractivity contribution is 6.31. The number of nitrogens with zero attached hydrogens (tertiary/aromatic N) is 2. The van der Waals surface area contributed by atoms with Gasteiger partial charge in [-0.2, -0.15) is 5.10 Å². The molecule has 0 saturated carbocycles. The van der Waals surface area contributed by atoms with E-state index < -0.39 is 18.0 Å². The zero-order valence-electron chi connectivity index (χ0n) is 17.7. The minimum absolute atomic E-state index is 0.124. The van der Waals surface area contributed by atoms with Gasteiger partial charge in [-0.1, -0.05) is 11.6 Å². The molecule has 0 spiro atoms. The van der Waals surface area contributed by atoms with Crippen LogP contribution in [0.25, 0.3) is 11.8 Å². The minimum atomic E-state index is -1.05. The number of nitrogens with one attached hydrogen (secondary N) is 1. The quantitative estimate of drug-likeness (QED) is 0.426. The highest BCUT2D eigenvalue weighted by atomic mass is 35.5. The van der Waals surface area contributed by atoms with E-state index in [0.29, 0.717) is 34.1 Å². The van der Waals surface area contributed by atoms with Crippen LogP contribution >= 0.6 is 11.6 Å². The summed E-state index contributed by atoms with van der Waals surface area (Å²) in [5.41, 5.74) is 2.11. The fraction of sp³-hybridized carbons (Fsp3) is 0.174. The number of halogens is 2. The first-order chi connectivity index (χ1) is 15.8. The van der Waals surface area contributed by atoms with Crippen molar-refractivity contribution in [3.63, 3.8) is 0 Å². The van der Waals surface area contributed by atoms with Crippen LogP contribution in [-0.2, 0) is 14.3 Å². The molecule has 1 aromatic heterocycles. The summed E-state index contributed by atoms with van der Waals surface area (Å²) in [7, 11) is 0. The lowest BCUT2D eigenvalue weighted by Gasteiger charge is -2.12. The van der Waals surface area contributed by atoms with Crippen LogP contribution in [0.2, 0.25) is 5.15 Å². The van der Waals surface area contributed by atoms with Crippen molar-refractivity contribution in [1.29, 1.82) is 0 Å². The number of hydrogen-bond acceptors (Lipinski definition) is 6. The average Bonchev–Trinajstić information content (AvgIpc) is 3.36. The van der Waals surface area contributed by atoms with Gasteiger partial charge in [0, 0.05) is 23.4 Å². The summed E-state index contributed by atoms with van der Waals surface area (Å²) in [6.07, 6.45) is 1.57. The number of carbonyl (C=O) groups excluding carboxylic acids is 2. The standard InChI is InChI=1S/C23H19ClFN3O5/c1-13-18(22(24)28(27-13)17-6-3-15(25)4-7-17)8-10-21(29)33-14(2)23(30)26-16-5-9-19-20(11-16)32-12-31-19/h3-11,14H,12H2,1-2H3,(H,26,30)/b10-8+. The Bertz CT molecular complexity index is 1240. The highest BCUT2D eigenvalue weighted by Crippen LogP contribution is 2.34. The maximum atomic E-state index is 13.2. The van der Waals surface area contributed by atoms with Crippen molar-refractivity contribution in [2.24, 2.45) is 0 Å². The average molecular weight is 472 g/mol. The lowest BCUT2D eigenvalue weighted by atomic mass is 10.2. The Balaban J connectivity index is 1.38. The first kappa shape index (κ1) is 22.3. The first-order valence-corrected chi connectivity index (χ1v) is 10.3. The summed E-state index contributed by atoms with van der Waals surface area (Å²) in [5.74, 6) is -0.497. The van der Waals surface area contributed by atoms with Gasteiger partial charge < -0.3 is 19.5 Å². The molecule has 33 heavy (non-hydrogen) atoms. The molecule has 1 amide bonds. The summed E-state index contributed by atoms with van der Waals surface area (Å²) in [4.78, 5) is 24.6. The fourth-order valence-electron chi connectivity index (χ4n) is 3.09. The van der Waals surface area contributed by atoms with E-state index in [1.165, 1.54) is 41.9 Å². The number of aromatic nitrogens is 2. The van der Waals surface area contributed by atoms with Crippen molar-refractivity contribution >= 4 is 35.2 Å². The van der Waals surface area contributed by atoms with E-state index in [-0.39, 0.29) is 17.8 Å². The fourth-order valence-corrected chi connectivity index (χ4v) is 3.43. The second kappa shape index (κ2) is 9.33. The van der Waals surface area contributed by atoms with Crippen LogP contribution in [0.15, 0.2) is 48.5 Å². The SMILES string of the molecule is Cc1nn(-c2ccc(F)cc2)c(Cl)c1/C=C/C(=O)OC(C)C(=O)Nc1ccc2c(c1)OCO2. The van der Waals surface area contributed by atoms with Gasteiger partial charge in [-0.3, -0.25) is 4.79 Å². The molecule has 0 radical (unpaired) electrons. The van der Waals surface area contributed by atoms with Crippen molar-refractivity contribution in [3.05, 3.63) is 70.8 Å².